The Hall–Kier alpha value is -2.63. The van der Waals surface area contributed by atoms with Gasteiger partial charge in [0.1, 0.15) is 5.76 Å². The first-order valence-corrected chi connectivity index (χ1v) is 5.99. The van der Waals surface area contributed by atoms with Crippen LogP contribution in [-0.2, 0) is 16.0 Å². The van der Waals surface area contributed by atoms with Crippen molar-refractivity contribution in [2.45, 2.75) is 13.3 Å². The molecule has 1 aromatic carbocycles. The molecule has 0 fully saturated rings. The Balaban J connectivity index is 1.96. The summed E-state index contributed by atoms with van der Waals surface area (Å²) in [5.41, 5.74) is 1.60. The topological polar surface area (TPSA) is 81.4 Å². The summed E-state index contributed by atoms with van der Waals surface area (Å²) >= 11 is 0. The molecule has 0 atom stereocenters. The minimum absolute atomic E-state index is 0.135. The van der Waals surface area contributed by atoms with Crippen LogP contribution in [0, 0.1) is 6.92 Å². The lowest BCUT2D eigenvalue weighted by Gasteiger charge is -2.04. The highest BCUT2D eigenvalue weighted by molar-refractivity contribution is 5.93. The van der Waals surface area contributed by atoms with E-state index >= 15 is 0 Å². The number of amides is 1. The van der Waals surface area contributed by atoms with E-state index in [4.69, 9.17) is 4.52 Å². The second kappa shape index (κ2) is 6.01. The number of hydrogen-bond donors (Lipinski definition) is 1. The number of hydrogen-bond acceptors (Lipinski definition) is 5. The largest absolute Gasteiger partial charge is 0.465 e. The summed E-state index contributed by atoms with van der Waals surface area (Å²) in [6.07, 6.45) is 0.135. The first kappa shape index (κ1) is 13.8. The van der Waals surface area contributed by atoms with Crippen LogP contribution >= 0.6 is 0 Å². The van der Waals surface area contributed by atoms with Crippen molar-refractivity contribution >= 4 is 17.6 Å². The number of esters is 1. The number of carbonyl (C=O) groups excluding carboxylic acids is 2. The number of aromatic nitrogens is 1. The molecule has 0 aliphatic rings. The highest BCUT2D eigenvalue weighted by Gasteiger charge is 2.09. The third-order valence-corrected chi connectivity index (χ3v) is 2.61. The fourth-order valence-corrected chi connectivity index (χ4v) is 1.68. The van der Waals surface area contributed by atoms with Crippen molar-refractivity contribution < 1.29 is 18.8 Å². The fraction of sp³-hybridized carbons (Fsp3) is 0.214. The fourth-order valence-electron chi connectivity index (χ4n) is 1.68. The van der Waals surface area contributed by atoms with Crippen LogP contribution in [0.5, 0.6) is 0 Å². The molecule has 0 spiro atoms. The van der Waals surface area contributed by atoms with Crippen molar-refractivity contribution in [3.63, 3.8) is 0 Å². The zero-order valence-corrected chi connectivity index (χ0v) is 11.2. The molecular formula is C14H14N2O4. The zero-order valence-electron chi connectivity index (χ0n) is 11.2. The van der Waals surface area contributed by atoms with E-state index in [0.29, 0.717) is 22.7 Å². The normalized spacial score (nSPS) is 10.1. The average Bonchev–Trinajstić information content (AvgIpc) is 2.84. The van der Waals surface area contributed by atoms with E-state index in [9.17, 15) is 9.59 Å². The Labute approximate surface area is 115 Å². The van der Waals surface area contributed by atoms with E-state index in [2.05, 4.69) is 15.2 Å². The summed E-state index contributed by atoms with van der Waals surface area (Å²) in [6.45, 7) is 1.76. The van der Waals surface area contributed by atoms with Crippen LogP contribution in [0.1, 0.15) is 21.8 Å². The van der Waals surface area contributed by atoms with E-state index in [-0.39, 0.29) is 12.3 Å². The van der Waals surface area contributed by atoms with Gasteiger partial charge < -0.3 is 14.6 Å². The minimum atomic E-state index is -0.416. The lowest BCUT2D eigenvalue weighted by molar-refractivity contribution is -0.115. The Morgan fingerprint density at radius 2 is 2.00 bits per heavy atom. The molecule has 1 N–H and O–H groups in total. The van der Waals surface area contributed by atoms with E-state index in [1.807, 2.05) is 0 Å². The number of methoxy groups -OCH3 is 1. The number of rotatable bonds is 4. The van der Waals surface area contributed by atoms with Gasteiger partial charge in [0.05, 0.1) is 24.8 Å². The average molecular weight is 274 g/mol. The Bertz CT molecular complexity index is 616. The number of ether oxygens (including phenoxy) is 1. The molecule has 0 bridgehead atoms. The molecule has 20 heavy (non-hydrogen) atoms. The van der Waals surface area contributed by atoms with Gasteiger partial charge in [0.15, 0.2) is 0 Å². The maximum absolute atomic E-state index is 11.8. The molecule has 2 rings (SSSR count). The molecule has 0 saturated heterocycles. The third kappa shape index (κ3) is 3.44. The summed E-state index contributed by atoms with van der Waals surface area (Å²) < 4.78 is 9.48. The summed E-state index contributed by atoms with van der Waals surface area (Å²) in [6, 6.07) is 8.15. The zero-order chi connectivity index (χ0) is 14.5. The van der Waals surface area contributed by atoms with Gasteiger partial charge in [-0.05, 0) is 31.2 Å². The van der Waals surface area contributed by atoms with Gasteiger partial charge in [-0.15, -0.1) is 0 Å². The second-order valence-electron chi connectivity index (χ2n) is 4.22. The van der Waals surface area contributed by atoms with Crippen LogP contribution in [0.2, 0.25) is 0 Å². The summed E-state index contributed by atoms with van der Waals surface area (Å²) in [7, 11) is 1.32. The molecule has 2 aromatic rings. The monoisotopic (exact) mass is 274 g/mol. The highest BCUT2D eigenvalue weighted by Crippen LogP contribution is 2.11. The molecule has 0 radical (unpaired) electrons. The van der Waals surface area contributed by atoms with Crippen molar-refractivity contribution in [2.24, 2.45) is 0 Å². The van der Waals surface area contributed by atoms with Gasteiger partial charge in [-0.2, -0.15) is 0 Å². The van der Waals surface area contributed by atoms with E-state index < -0.39 is 5.97 Å². The number of nitrogens with one attached hydrogen (secondary N) is 1. The molecule has 6 nitrogen and oxygen atoms in total. The van der Waals surface area contributed by atoms with E-state index in [0.717, 1.165) is 0 Å². The summed E-state index contributed by atoms with van der Waals surface area (Å²) in [4.78, 5) is 23.0. The van der Waals surface area contributed by atoms with Crippen LogP contribution in [0.4, 0.5) is 5.69 Å². The molecule has 0 aliphatic carbocycles. The number of anilines is 1. The number of benzene rings is 1. The van der Waals surface area contributed by atoms with Gasteiger partial charge in [0.2, 0.25) is 5.91 Å². The van der Waals surface area contributed by atoms with Crippen LogP contribution in [-0.4, -0.2) is 24.1 Å². The molecule has 1 heterocycles. The van der Waals surface area contributed by atoms with Crippen molar-refractivity contribution in [1.82, 2.24) is 5.16 Å². The molecule has 0 aliphatic heterocycles. The number of carbonyl (C=O) groups is 2. The number of nitrogens with zero attached hydrogens (tertiary/aromatic N) is 1. The highest BCUT2D eigenvalue weighted by atomic mass is 16.5. The molecular weight excluding hydrogens is 260 g/mol. The molecule has 104 valence electrons. The molecule has 6 heteroatoms. The molecule has 1 amide bonds. The Morgan fingerprint density at radius 1 is 1.30 bits per heavy atom. The van der Waals surface area contributed by atoms with Gasteiger partial charge in [0.25, 0.3) is 0 Å². The Morgan fingerprint density at radius 3 is 2.55 bits per heavy atom. The molecule has 0 unspecified atom stereocenters. The van der Waals surface area contributed by atoms with Crippen LogP contribution in [0.25, 0.3) is 0 Å². The van der Waals surface area contributed by atoms with Crippen LogP contribution in [0.15, 0.2) is 34.9 Å². The second-order valence-corrected chi connectivity index (χ2v) is 4.22. The predicted molar refractivity (Wildman–Crippen MR) is 71.4 cm³/mol. The maximum atomic E-state index is 11.8. The SMILES string of the molecule is COC(=O)c1ccc(NC(=O)Cc2cc(C)on2)cc1. The first-order valence-electron chi connectivity index (χ1n) is 5.99. The molecule has 1 aromatic heterocycles. The maximum Gasteiger partial charge on any atom is 0.337 e. The van der Waals surface area contributed by atoms with Crippen molar-refractivity contribution in [1.29, 1.82) is 0 Å². The van der Waals surface area contributed by atoms with Crippen molar-refractivity contribution in [2.75, 3.05) is 12.4 Å². The molecule has 0 saturated carbocycles. The van der Waals surface area contributed by atoms with Gasteiger partial charge in [-0.3, -0.25) is 4.79 Å². The van der Waals surface area contributed by atoms with Gasteiger partial charge in [0, 0.05) is 11.8 Å². The van der Waals surface area contributed by atoms with Gasteiger partial charge in [-0.25, -0.2) is 4.79 Å². The lowest BCUT2D eigenvalue weighted by Crippen LogP contribution is -2.14. The quantitative estimate of drug-likeness (QED) is 0.862. The smallest absolute Gasteiger partial charge is 0.337 e. The van der Waals surface area contributed by atoms with Crippen LogP contribution < -0.4 is 5.32 Å². The summed E-state index contributed by atoms with van der Waals surface area (Å²) in [5.74, 6) is 0.0419. The third-order valence-electron chi connectivity index (χ3n) is 2.61. The Kier molecular flexibility index (Phi) is 4.14. The van der Waals surface area contributed by atoms with Crippen LogP contribution in [0.3, 0.4) is 0 Å². The minimum Gasteiger partial charge on any atom is -0.465 e. The van der Waals surface area contributed by atoms with Crippen molar-refractivity contribution in [3.8, 4) is 0 Å². The first-order chi connectivity index (χ1) is 9.58. The van der Waals surface area contributed by atoms with Gasteiger partial charge >= 0.3 is 5.97 Å². The van der Waals surface area contributed by atoms with E-state index in [1.54, 1.807) is 37.3 Å². The van der Waals surface area contributed by atoms with Crippen molar-refractivity contribution in [3.05, 3.63) is 47.3 Å². The van der Waals surface area contributed by atoms with E-state index in [1.165, 1.54) is 7.11 Å². The predicted octanol–water partition coefficient (Wildman–Crippen LogP) is 1.95. The number of aryl methyl sites for hydroxylation is 1. The lowest BCUT2D eigenvalue weighted by atomic mass is 10.2. The standard InChI is InChI=1S/C14H14N2O4/c1-9-7-12(16-20-9)8-13(17)15-11-5-3-10(4-6-11)14(18)19-2/h3-7H,8H2,1-2H3,(H,15,17). The van der Waals surface area contributed by atoms with Gasteiger partial charge in [-0.1, -0.05) is 5.16 Å². The summed E-state index contributed by atoms with van der Waals surface area (Å²) in [5, 5.41) is 6.46.